The van der Waals surface area contributed by atoms with Gasteiger partial charge in [0.25, 0.3) is 0 Å². The van der Waals surface area contributed by atoms with Crippen molar-refractivity contribution in [2.75, 3.05) is 43.2 Å². The first-order chi connectivity index (χ1) is 21.2. The average molecular weight is 663 g/mol. The molecular formula is C30H36ClFN6O6S. The zero-order valence-electron chi connectivity index (χ0n) is 25.8. The molecule has 1 unspecified atom stereocenters. The Morgan fingerprint density at radius 3 is 2.64 bits per heavy atom. The number of carbonyl (C=O) groups is 3. The van der Waals surface area contributed by atoms with Crippen LogP contribution in [0.25, 0.3) is 0 Å². The number of carbonyl (C=O) groups excluding carboxylic acids is 2. The number of hydrogen-bond donors (Lipinski definition) is 2. The lowest BCUT2D eigenvalue weighted by Gasteiger charge is -2.41. The van der Waals surface area contributed by atoms with Crippen LogP contribution in [0.5, 0.6) is 0 Å². The monoisotopic (exact) mass is 662 g/mol. The molecule has 0 bridgehead atoms. The van der Waals surface area contributed by atoms with Gasteiger partial charge in [-0.1, -0.05) is 23.4 Å². The fraction of sp³-hybridized carbons (Fsp3) is 0.533. The van der Waals surface area contributed by atoms with E-state index in [1.165, 1.54) is 35.9 Å². The predicted molar refractivity (Wildman–Crippen MR) is 166 cm³/mol. The first kappa shape index (κ1) is 34.1. The number of hydrogen-bond acceptors (Lipinski definition) is 10. The summed E-state index contributed by atoms with van der Waals surface area (Å²) >= 11 is 7.73. The molecule has 242 valence electrons. The fourth-order valence-corrected chi connectivity index (χ4v) is 6.65. The summed E-state index contributed by atoms with van der Waals surface area (Å²) in [5.74, 6) is -1.03. The predicted octanol–water partition coefficient (Wildman–Crippen LogP) is 5.41. The minimum Gasteiger partial charge on any atom is -0.468 e. The van der Waals surface area contributed by atoms with Crippen LogP contribution in [0.3, 0.4) is 0 Å². The normalized spacial score (nSPS) is 19.7. The second-order valence-electron chi connectivity index (χ2n) is 11.9. The van der Waals surface area contributed by atoms with Crippen LogP contribution in [-0.4, -0.2) is 82.8 Å². The van der Waals surface area contributed by atoms with Crippen molar-refractivity contribution in [2.45, 2.75) is 75.1 Å². The Bertz CT molecular complexity index is 1530. The van der Waals surface area contributed by atoms with Gasteiger partial charge in [-0.25, -0.2) is 23.9 Å². The van der Waals surface area contributed by atoms with E-state index in [4.69, 9.17) is 31.0 Å². The van der Waals surface area contributed by atoms with Crippen LogP contribution >= 0.6 is 23.4 Å². The van der Waals surface area contributed by atoms with Gasteiger partial charge in [0.2, 0.25) is 0 Å². The SMILES string of the molecule is COC(=O)C1(Cc2nc(SC)nc(N3CCN(C(=O)O)[C@@H](CC#N)C3)c2NC(=O)OC(C)(C)C)CCCc2c(Cl)ccc(F)c21. The Morgan fingerprint density at radius 1 is 1.29 bits per heavy atom. The van der Waals surface area contributed by atoms with Gasteiger partial charge in [0.1, 0.15) is 22.5 Å². The highest BCUT2D eigenvalue weighted by Crippen LogP contribution is 2.46. The molecule has 1 saturated heterocycles. The number of nitrogens with one attached hydrogen (secondary N) is 1. The number of piperazine rings is 1. The van der Waals surface area contributed by atoms with Gasteiger partial charge in [-0.3, -0.25) is 10.1 Å². The highest BCUT2D eigenvalue weighted by atomic mass is 35.5. The first-order valence-electron chi connectivity index (χ1n) is 14.4. The summed E-state index contributed by atoms with van der Waals surface area (Å²) in [5, 5.41) is 22.5. The number of carboxylic acid groups (broad SMARTS) is 1. The molecule has 2 aliphatic rings. The molecule has 0 radical (unpaired) electrons. The van der Waals surface area contributed by atoms with Crippen molar-refractivity contribution in [3.63, 3.8) is 0 Å². The quantitative estimate of drug-likeness (QED) is 0.222. The number of thioether (sulfide) groups is 1. The van der Waals surface area contributed by atoms with Crippen LogP contribution in [0.1, 0.15) is 56.9 Å². The van der Waals surface area contributed by atoms with Crippen LogP contribution < -0.4 is 10.2 Å². The van der Waals surface area contributed by atoms with Gasteiger partial charge < -0.3 is 24.4 Å². The zero-order valence-corrected chi connectivity index (χ0v) is 27.4. The maximum atomic E-state index is 15.7. The molecule has 2 amide bonds. The first-order valence-corrected chi connectivity index (χ1v) is 16.0. The molecule has 15 heteroatoms. The van der Waals surface area contributed by atoms with Gasteiger partial charge >= 0.3 is 18.2 Å². The molecule has 2 aromatic rings. The molecule has 1 aromatic heterocycles. The molecule has 1 aliphatic carbocycles. The number of ether oxygens (including phenoxy) is 2. The van der Waals surface area contributed by atoms with E-state index in [0.717, 1.165) is 0 Å². The summed E-state index contributed by atoms with van der Waals surface area (Å²) in [7, 11) is 1.23. The summed E-state index contributed by atoms with van der Waals surface area (Å²) in [6.45, 7) is 5.48. The fourth-order valence-electron chi connectivity index (χ4n) is 6.02. The highest BCUT2D eigenvalue weighted by Gasteiger charge is 2.48. The van der Waals surface area contributed by atoms with Crippen molar-refractivity contribution in [1.29, 1.82) is 5.26 Å². The van der Waals surface area contributed by atoms with Gasteiger partial charge in [-0.15, -0.1) is 0 Å². The number of amides is 2. The van der Waals surface area contributed by atoms with Gasteiger partial charge in [-0.2, -0.15) is 5.26 Å². The molecule has 2 heterocycles. The van der Waals surface area contributed by atoms with Crippen LogP contribution in [0, 0.1) is 17.1 Å². The number of nitriles is 1. The maximum Gasteiger partial charge on any atom is 0.412 e. The number of nitrogens with zero attached hydrogens (tertiary/aromatic N) is 5. The van der Waals surface area contributed by atoms with Crippen molar-refractivity contribution in [3.8, 4) is 6.07 Å². The second-order valence-corrected chi connectivity index (χ2v) is 13.1. The van der Waals surface area contributed by atoms with E-state index in [1.807, 2.05) is 6.07 Å². The van der Waals surface area contributed by atoms with E-state index >= 15 is 4.39 Å². The number of benzene rings is 1. The third-order valence-electron chi connectivity index (χ3n) is 7.87. The van der Waals surface area contributed by atoms with Gasteiger partial charge in [0, 0.05) is 36.6 Å². The van der Waals surface area contributed by atoms with Crippen LogP contribution in [0.15, 0.2) is 17.3 Å². The molecule has 0 spiro atoms. The minimum absolute atomic E-state index is 0.0623. The number of rotatable bonds is 7. The standard InChI is InChI=1S/C30H36ClFN6O6S/c1-29(2,3)44-27(40)35-23-21(15-30(25(39)43-4)11-6-7-18-19(31)8-9-20(32)22(18)30)34-26(45-5)36-24(23)37-13-14-38(28(41)42)17(16-37)10-12-33/h8-9,17H,6-7,10-11,13-16H2,1-5H3,(H,35,40)(H,41,42)/t17-,30?/m0/s1. The molecule has 1 aliphatic heterocycles. The summed E-state index contributed by atoms with van der Waals surface area (Å²) in [6, 6.07) is 4.05. The molecule has 45 heavy (non-hydrogen) atoms. The number of fused-ring (bicyclic) bond motifs is 1. The van der Waals surface area contributed by atoms with Crippen molar-refractivity contribution >= 4 is 53.0 Å². The van der Waals surface area contributed by atoms with Crippen LogP contribution in [0.4, 0.5) is 25.5 Å². The molecular weight excluding hydrogens is 627 g/mol. The molecule has 1 aromatic carbocycles. The number of esters is 1. The lowest BCUT2D eigenvalue weighted by molar-refractivity contribution is -0.148. The molecule has 12 nitrogen and oxygen atoms in total. The van der Waals surface area contributed by atoms with E-state index in [1.54, 1.807) is 31.9 Å². The van der Waals surface area contributed by atoms with Gasteiger partial charge in [0.15, 0.2) is 11.0 Å². The van der Waals surface area contributed by atoms with E-state index in [9.17, 15) is 24.8 Å². The Kier molecular flexibility index (Phi) is 10.3. The van der Waals surface area contributed by atoms with Crippen molar-refractivity contribution in [2.24, 2.45) is 0 Å². The van der Waals surface area contributed by atoms with Crippen molar-refractivity contribution in [1.82, 2.24) is 14.9 Å². The highest BCUT2D eigenvalue weighted by molar-refractivity contribution is 7.98. The average Bonchev–Trinajstić information content (AvgIpc) is 2.98. The summed E-state index contributed by atoms with van der Waals surface area (Å²) in [4.78, 5) is 51.2. The number of methoxy groups -OCH3 is 1. The number of halogens is 2. The van der Waals surface area contributed by atoms with Crippen molar-refractivity contribution < 1.29 is 33.4 Å². The Morgan fingerprint density at radius 2 is 2.02 bits per heavy atom. The minimum atomic E-state index is -1.53. The zero-order chi connectivity index (χ0) is 33.1. The summed E-state index contributed by atoms with van der Waals surface area (Å²) in [5.41, 5.74) is -1.39. The molecule has 4 rings (SSSR count). The molecule has 2 N–H and O–H groups in total. The third-order valence-corrected chi connectivity index (χ3v) is 8.77. The van der Waals surface area contributed by atoms with E-state index < -0.39 is 41.0 Å². The molecule has 2 atom stereocenters. The second kappa shape index (κ2) is 13.7. The van der Waals surface area contributed by atoms with Gasteiger partial charge in [-0.05, 0) is 64.0 Å². The van der Waals surface area contributed by atoms with E-state index in [-0.39, 0.29) is 61.7 Å². The maximum absolute atomic E-state index is 15.7. The summed E-state index contributed by atoms with van der Waals surface area (Å²) < 4.78 is 26.5. The van der Waals surface area contributed by atoms with E-state index in [2.05, 4.69) is 5.32 Å². The smallest absolute Gasteiger partial charge is 0.412 e. The topological polar surface area (TPSA) is 158 Å². The Hall–Kier alpha value is -3.83. The van der Waals surface area contributed by atoms with Crippen LogP contribution in [-0.2, 0) is 32.5 Å². The number of aromatic nitrogens is 2. The lowest BCUT2D eigenvalue weighted by Crippen LogP contribution is -2.55. The lowest BCUT2D eigenvalue weighted by atomic mass is 9.67. The summed E-state index contributed by atoms with van der Waals surface area (Å²) in [6.07, 6.45) is 0.775. The Balaban J connectivity index is 1.92. The molecule has 0 saturated carbocycles. The van der Waals surface area contributed by atoms with Crippen LogP contribution in [0.2, 0.25) is 5.02 Å². The van der Waals surface area contributed by atoms with Crippen molar-refractivity contribution in [3.05, 3.63) is 39.8 Å². The van der Waals surface area contributed by atoms with Gasteiger partial charge in [0.05, 0.1) is 31.3 Å². The Labute approximate surface area is 270 Å². The van der Waals surface area contributed by atoms with E-state index in [0.29, 0.717) is 28.6 Å². The largest absolute Gasteiger partial charge is 0.468 e. The number of anilines is 2. The molecule has 1 fully saturated rings. The third kappa shape index (κ3) is 7.20.